The van der Waals surface area contributed by atoms with Gasteiger partial charge < -0.3 is 9.84 Å². The van der Waals surface area contributed by atoms with Crippen molar-refractivity contribution >= 4 is 10.0 Å². The summed E-state index contributed by atoms with van der Waals surface area (Å²) in [4.78, 5) is 0.208. The highest BCUT2D eigenvalue weighted by Gasteiger charge is 2.22. The van der Waals surface area contributed by atoms with E-state index < -0.39 is 10.0 Å². The molecule has 1 atom stereocenters. The summed E-state index contributed by atoms with van der Waals surface area (Å²) in [6.45, 7) is 5.59. The first-order valence-corrected chi connectivity index (χ1v) is 8.08. The highest BCUT2D eigenvalue weighted by Crippen LogP contribution is 2.22. The minimum atomic E-state index is -3.59. The zero-order valence-corrected chi connectivity index (χ0v) is 13.2. The third-order valence-corrected chi connectivity index (χ3v) is 4.72. The van der Waals surface area contributed by atoms with Crippen molar-refractivity contribution in [2.75, 3.05) is 13.7 Å². The van der Waals surface area contributed by atoms with E-state index in [1.807, 2.05) is 13.8 Å². The first kappa shape index (κ1) is 16.9. The van der Waals surface area contributed by atoms with Crippen molar-refractivity contribution in [1.29, 1.82) is 0 Å². The molecule has 0 bridgehead atoms. The molecule has 20 heavy (non-hydrogen) atoms. The van der Waals surface area contributed by atoms with Crippen LogP contribution in [0.1, 0.15) is 25.8 Å². The van der Waals surface area contributed by atoms with E-state index in [2.05, 4.69) is 4.72 Å². The molecular weight excluding hydrogens is 278 g/mol. The number of ether oxygens (including phenoxy) is 1. The minimum absolute atomic E-state index is 0.0486. The standard InChI is InChI=1S/C14H23NO4S/c1-10(2)13(7-8-16)15-20(17,18)12-5-6-14(19-4)11(3)9-12/h5-6,9-10,13,15-16H,7-8H2,1-4H3. The van der Waals surface area contributed by atoms with Gasteiger partial charge in [-0.25, -0.2) is 13.1 Å². The van der Waals surface area contributed by atoms with E-state index >= 15 is 0 Å². The average molecular weight is 301 g/mol. The number of sulfonamides is 1. The van der Waals surface area contributed by atoms with E-state index in [0.717, 1.165) is 5.56 Å². The maximum atomic E-state index is 12.3. The lowest BCUT2D eigenvalue weighted by molar-refractivity contribution is 0.256. The highest BCUT2D eigenvalue weighted by molar-refractivity contribution is 7.89. The lowest BCUT2D eigenvalue weighted by atomic mass is 10.0. The first-order valence-electron chi connectivity index (χ1n) is 6.59. The third-order valence-electron chi connectivity index (χ3n) is 3.23. The van der Waals surface area contributed by atoms with Crippen LogP contribution in [-0.2, 0) is 10.0 Å². The van der Waals surface area contributed by atoms with Gasteiger partial charge in [0.2, 0.25) is 10.0 Å². The van der Waals surface area contributed by atoms with Gasteiger partial charge in [0.25, 0.3) is 0 Å². The van der Waals surface area contributed by atoms with Crippen LogP contribution >= 0.6 is 0 Å². The Morgan fingerprint density at radius 2 is 2.00 bits per heavy atom. The van der Waals surface area contributed by atoms with Gasteiger partial charge >= 0.3 is 0 Å². The maximum absolute atomic E-state index is 12.3. The van der Waals surface area contributed by atoms with E-state index in [-0.39, 0.29) is 23.5 Å². The fraction of sp³-hybridized carbons (Fsp3) is 0.571. The molecule has 1 unspecified atom stereocenters. The molecule has 0 aromatic heterocycles. The van der Waals surface area contributed by atoms with Gasteiger partial charge in [0.05, 0.1) is 12.0 Å². The summed E-state index contributed by atoms with van der Waals surface area (Å²) >= 11 is 0. The third kappa shape index (κ3) is 4.19. The summed E-state index contributed by atoms with van der Waals surface area (Å²) in [5.41, 5.74) is 0.763. The van der Waals surface area contributed by atoms with Crippen LogP contribution in [0.2, 0.25) is 0 Å². The van der Waals surface area contributed by atoms with Crippen LogP contribution in [0.25, 0.3) is 0 Å². The van der Waals surface area contributed by atoms with Crippen molar-refractivity contribution in [3.8, 4) is 5.75 Å². The SMILES string of the molecule is COc1ccc(S(=O)(=O)NC(CCO)C(C)C)cc1C. The number of rotatable bonds is 7. The number of aliphatic hydroxyl groups is 1. The zero-order valence-electron chi connectivity index (χ0n) is 12.4. The van der Waals surface area contributed by atoms with Gasteiger partial charge in [-0.05, 0) is 43.0 Å². The Labute approximate surface area is 121 Å². The van der Waals surface area contributed by atoms with Crippen LogP contribution in [0.15, 0.2) is 23.1 Å². The van der Waals surface area contributed by atoms with E-state index in [4.69, 9.17) is 9.84 Å². The lowest BCUT2D eigenvalue weighted by Gasteiger charge is -2.21. The molecule has 0 aliphatic carbocycles. The molecule has 114 valence electrons. The molecule has 1 rings (SSSR count). The summed E-state index contributed by atoms with van der Waals surface area (Å²) in [7, 11) is -2.04. The highest BCUT2D eigenvalue weighted by atomic mass is 32.2. The van der Waals surface area contributed by atoms with E-state index in [9.17, 15) is 8.42 Å². The number of methoxy groups -OCH3 is 1. The second-order valence-corrected chi connectivity index (χ2v) is 6.83. The molecule has 0 fully saturated rings. The summed E-state index contributed by atoms with van der Waals surface area (Å²) in [6.07, 6.45) is 0.395. The molecule has 0 radical (unpaired) electrons. The van der Waals surface area contributed by atoms with Gasteiger partial charge in [-0.1, -0.05) is 13.8 Å². The van der Waals surface area contributed by atoms with Crippen LogP contribution in [0.3, 0.4) is 0 Å². The van der Waals surface area contributed by atoms with Crippen LogP contribution in [0.4, 0.5) is 0 Å². The molecular formula is C14H23NO4S. The predicted octanol–water partition coefficient (Wildman–Crippen LogP) is 1.69. The van der Waals surface area contributed by atoms with Gasteiger partial charge in [0.15, 0.2) is 0 Å². The molecule has 0 saturated carbocycles. The van der Waals surface area contributed by atoms with Gasteiger partial charge in [-0.15, -0.1) is 0 Å². The van der Waals surface area contributed by atoms with Gasteiger partial charge in [-0.2, -0.15) is 0 Å². The fourth-order valence-corrected chi connectivity index (χ4v) is 3.46. The molecule has 0 aliphatic heterocycles. The quantitative estimate of drug-likeness (QED) is 0.803. The van der Waals surface area contributed by atoms with Crippen molar-refractivity contribution in [3.05, 3.63) is 23.8 Å². The van der Waals surface area contributed by atoms with Gasteiger partial charge in [-0.3, -0.25) is 0 Å². The normalized spacial score (nSPS) is 13.5. The molecule has 1 aromatic rings. The predicted molar refractivity (Wildman–Crippen MR) is 78.4 cm³/mol. The Kier molecular flexibility index (Phi) is 5.98. The number of benzene rings is 1. The Morgan fingerprint density at radius 3 is 2.45 bits per heavy atom. The van der Waals surface area contributed by atoms with Crippen molar-refractivity contribution in [2.45, 2.75) is 38.1 Å². The Balaban J connectivity index is 3.01. The number of hydrogen-bond acceptors (Lipinski definition) is 4. The Hall–Kier alpha value is -1.11. The second-order valence-electron chi connectivity index (χ2n) is 5.12. The van der Waals surface area contributed by atoms with Crippen molar-refractivity contribution < 1.29 is 18.3 Å². The van der Waals surface area contributed by atoms with Crippen molar-refractivity contribution in [1.82, 2.24) is 4.72 Å². The number of hydrogen-bond donors (Lipinski definition) is 2. The summed E-state index contributed by atoms with van der Waals surface area (Å²) in [5, 5.41) is 9.01. The topological polar surface area (TPSA) is 75.6 Å². The zero-order chi connectivity index (χ0) is 15.3. The molecule has 6 heteroatoms. The molecule has 5 nitrogen and oxygen atoms in total. The van der Waals surface area contributed by atoms with E-state index in [1.165, 1.54) is 6.07 Å². The molecule has 0 heterocycles. The maximum Gasteiger partial charge on any atom is 0.240 e. The van der Waals surface area contributed by atoms with Crippen LogP contribution < -0.4 is 9.46 Å². The van der Waals surface area contributed by atoms with Crippen molar-refractivity contribution in [2.24, 2.45) is 5.92 Å². The molecule has 0 aliphatic rings. The Morgan fingerprint density at radius 1 is 1.35 bits per heavy atom. The molecule has 1 aromatic carbocycles. The van der Waals surface area contributed by atoms with E-state index in [0.29, 0.717) is 12.2 Å². The van der Waals surface area contributed by atoms with E-state index in [1.54, 1.807) is 26.2 Å². The average Bonchev–Trinajstić information content (AvgIpc) is 2.37. The smallest absolute Gasteiger partial charge is 0.240 e. The molecule has 0 amide bonds. The summed E-state index contributed by atoms with van der Waals surface area (Å²) < 4.78 is 32.4. The minimum Gasteiger partial charge on any atom is -0.496 e. The summed E-state index contributed by atoms with van der Waals surface area (Å²) in [6, 6.07) is 4.45. The summed E-state index contributed by atoms with van der Waals surface area (Å²) in [5.74, 6) is 0.760. The van der Waals surface area contributed by atoms with Gasteiger partial charge in [0, 0.05) is 12.6 Å². The second kappa shape index (κ2) is 7.06. The molecule has 0 spiro atoms. The van der Waals surface area contributed by atoms with Crippen LogP contribution in [-0.4, -0.2) is 33.3 Å². The number of aliphatic hydroxyl groups excluding tert-OH is 1. The van der Waals surface area contributed by atoms with Crippen LogP contribution in [0.5, 0.6) is 5.75 Å². The number of nitrogens with one attached hydrogen (secondary N) is 1. The lowest BCUT2D eigenvalue weighted by Crippen LogP contribution is -2.39. The van der Waals surface area contributed by atoms with Gasteiger partial charge in [0.1, 0.15) is 5.75 Å². The molecule has 0 saturated heterocycles. The van der Waals surface area contributed by atoms with Crippen LogP contribution in [0, 0.1) is 12.8 Å². The monoisotopic (exact) mass is 301 g/mol. The Bertz CT molecular complexity index is 540. The number of aryl methyl sites for hydroxylation is 1. The first-order chi connectivity index (χ1) is 9.31. The van der Waals surface area contributed by atoms with Crippen molar-refractivity contribution in [3.63, 3.8) is 0 Å². The molecule has 2 N–H and O–H groups in total. The largest absolute Gasteiger partial charge is 0.496 e. The fourth-order valence-electron chi connectivity index (χ4n) is 1.95.